The fourth-order valence-corrected chi connectivity index (χ4v) is 4.52. The summed E-state index contributed by atoms with van der Waals surface area (Å²) in [6.45, 7) is 8.11. The van der Waals surface area contributed by atoms with Crippen molar-refractivity contribution in [3.63, 3.8) is 0 Å². The molecule has 2 aromatic carbocycles. The molecule has 34 heavy (non-hydrogen) atoms. The van der Waals surface area contributed by atoms with Crippen LogP contribution in [0.4, 0.5) is 5.69 Å². The number of carbonyl (C=O) groups excluding carboxylic acids is 1. The topological polar surface area (TPSA) is 86.9 Å². The second-order valence-electron chi connectivity index (χ2n) is 8.09. The summed E-state index contributed by atoms with van der Waals surface area (Å²) in [6, 6.07) is 15.9. The summed E-state index contributed by atoms with van der Waals surface area (Å²) in [4.78, 5) is 12.7. The lowest BCUT2D eigenvalue weighted by Crippen LogP contribution is -2.16. The largest absolute Gasteiger partial charge is 0.485 e. The number of carbonyl (C=O) groups is 1. The van der Waals surface area contributed by atoms with Gasteiger partial charge in [0.2, 0.25) is 5.91 Å². The van der Waals surface area contributed by atoms with Gasteiger partial charge in [-0.25, -0.2) is 0 Å². The Bertz CT molecular complexity index is 1290. The van der Waals surface area contributed by atoms with E-state index < -0.39 is 0 Å². The van der Waals surface area contributed by atoms with Gasteiger partial charge < -0.3 is 10.1 Å². The number of aryl methyl sites for hydroxylation is 4. The van der Waals surface area contributed by atoms with E-state index in [1.54, 1.807) is 4.68 Å². The molecule has 0 aliphatic rings. The number of para-hydroxylation sites is 2. The van der Waals surface area contributed by atoms with Gasteiger partial charge in [0.1, 0.15) is 12.4 Å². The van der Waals surface area contributed by atoms with Crippen LogP contribution in [0.25, 0.3) is 5.69 Å². The second kappa shape index (κ2) is 10.1. The molecule has 0 radical (unpaired) electrons. The first-order valence-electron chi connectivity index (χ1n) is 11.0. The number of benzene rings is 2. The van der Waals surface area contributed by atoms with Gasteiger partial charge in [-0.2, -0.15) is 5.10 Å². The smallest absolute Gasteiger partial charge is 0.234 e. The van der Waals surface area contributed by atoms with Crippen LogP contribution in [-0.2, 0) is 18.4 Å². The summed E-state index contributed by atoms with van der Waals surface area (Å²) in [7, 11) is 1.86. The van der Waals surface area contributed by atoms with E-state index >= 15 is 0 Å². The van der Waals surface area contributed by atoms with Gasteiger partial charge >= 0.3 is 0 Å². The number of nitrogens with zero attached hydrogens (tertiary/aromatic N) is 5. The summed E-state index contributed by atoms with van der Waals surface area (Å²) in [5.41, 5.74) is 5.50. The molecule has 0 saturated carbocycles. The van der Waals surface area contributed by atoms with Crippen molar-refractivity contribution in [3.8, 4) is 11.4 Å². The van der Waals surface area contributed by atoms with Crippen LogP contribution < -0.4 is 10.1 Å². The maximum atomic E-state index is 12.7. The lowest BCUT2D eigenvalue weighted by molar-refractivity contribution is -0.113. The molecule has 0 bridgehead atoms. The van der Waals surface area contributed by atoms with Crippen LogP contribution in [0.1, 0.15) is 28.3 Å². The van der Waals surface area contributed by atoms with Crippen LogP contribution in [0.15, 0.2) is 53.7 Å². The number of amides is 1. The Morgan fingerprint density at radius 1 is 1.00 bits per heavy atom. The molecule has 1 N–H and O–H groups in total. The van der Waals surface area contributed by atoms with Gasteiger partial charge in [-0.1, -0.05) is 48.2 Å². The zero-order valence-electron chi connectivity index (χ0n) is 20.0. The Balaban J connectivity index is 1.53. The number of hydrogen-bond donors (Lipinski definition) is 1. The van der Waals surface area contributed by atoms with Crippen molar-refractivity contribution in [2.24, 2.45) is 7.05 Å². The first kappa shape index (κ1) is 23.6. The third kappa shape index (κ3) is 4.99. The summed E-state index contributed by atoms with van der Waals surface area (Å²) in [6.07, 6.45) is 0. The van der Waals surface area contributed by atoms with E-state index in [1.165, 1.54) is 11.8 Å². The fourth-order valence-electron chi connectivity index (χ4n) is 3.75. The van der Waals surface area contributed by atoms with Crippen LogP contribution in [0.3, 0.4) is 0 Å². The molecule has 0 aliphatic heterocycles. The van der Waals surface area contributed by atoms with Gasteiger partial charge in [0.05, 0.1) is 22.8 Å². The number of anilines is 1. The highest BCUT2D eigenvalue weighted by Crippen LogP contribution is 2.26. The van der Waals surface area contributed by atoms with E-state index in [0.29, 0.717) is 11.0 Å². The molecule has 0 aliphatic carbocycles. The van der Waals surface area contributed by atoms with Gasteiger partial charge in [-0.05, 0) is 51.0 Å². The Hall–Kier alpha value is -3.59. The number of hydrogen-bond acceptors (Lipinski definition) is 6. The van der Waals surface area contributed by atoms with E-state index in [-0.39, 0.29) is 18.3 Å². The quantitative estimate of drug-likeness (QED) is 0.376. The van der Waals surface area contributed by atoms with Crippen LogP contribution in [0.2, 0.25) is 0 Å². The summed E-state index contributed by atoms with van der Waals surface area (Å²) >= 11 is 1.33. The monoisotopic (exact) mass is 476 g/mol. The van der Waals surface area contributed by atoms with Crippen molar-refractivity contribution in [1.82, 2.24) is 24.5 Å². The van der Waals surface area contributed by atoms with Gasteiger partial charge in [0.15, 0.2) is 11.0 Å². The first-order chi connectivity index (χ1) is 16.3. The van der Waals surface area contributed by atoms with Crippen LogP contribution in [-0.4, -0.2) is 36.2 Å². The van der Waals surface area contributed by atoms with Crippen molar-refractivity contribution in [2.45, 2.75) is 39.5 Å². The van der Waals surface area contributed by atoms with Crippen LogP contribution in [0.5, 0.6) is 5.75 Å². The molecular formula is C25H28N6O2S. The van der Waals surface area contributed by atoms with Gasteiger partial charge in [0, 0.05) is 12.7 Å². The number of aromatic nitrogens is 5. The van der Waals surface area contributed by atoms with Gasteiger partial charge in [0.25, 0.3) is 0 Å². The SMILES string of the molecule is Cc1cccc(C)c1OCc1nnc(SCC(=O)Nc2c(C)nn(C)c2C)n1-c1ccccc1. The minimum atomic E-state index is -0.125. The third-order valence-electron chi connectivity index (χ3n) is 5.57. The number of thioether (sulfide) groups is 1. The van der Waals surface area contributed by atoms with Crippen molar-refractivity contribution in [2.75, 3.05) is 11.1 Å². The molecular weight excluding hydrogens is 448 g/mol. The molecule has 0 spiro atoms. The Morgan fingerprint density at radius 3 is 2.35 bits per heavy atom. The van der Waals surface area contributed by atoms with Crippen molar-refractivity contribution in [1.29, 1.82) is 0 Å². The van der Waals surface area contributed by atoms with Crippen molar-refractivity contribution >= 4 is 23.4 Å². The summed E-state index contributed by atoms with van der Waals surface area (Å²) < 4.78 is 9.83. The standard InChI is InChI=1S/C25H28N6O2S/c1-16-10-9-11-17(2)24(16)33-14-21-27-28-25(31(21)20-12-7-6-8-13-20)34-15-22(32)26-23-18(3)29-30(5)19(23)4/h6-13H,14-15H2,1-5H3,(H,26,32). The van der Waals surface area contributed by atoms with E-state index in [2.05, 4.69) is 20.6 Å². The molecule has 176 valence electrons. The number of nitrogens with one attached hydrogen (secondary N) is 1. The van der Waals surface area contributed by atoms with E-state index in [1.807, 2.05) is 87.8 Å². The Morgan fingerprint density at radius 2 is 1.71 bits per heavy atom. The molecule has 0 unspecified atom stereocenters. The zero-order valence-corrected chi connectivity index (χ0v) is 20.8. The molecule has 0 fully saturated rings. The lowest BCUT2D eigenvalue weighted by Gasteiger charge is -2.13. The van der Waals surface area contributed by atoms with E-state index in [9.17, 15) is 4.79 Å². The molecule has 2 aromatic heterocycles. The average molecular weight is 477 g/mol. The average Bonchev–Trinajstić information content (AvgIpc) is 3.33. The fraction of sp³-hybridized carbons (Fsp3) is 0.280. The summed E-state index contributed by atoms with van der Waals surface area (Å²) in [5, 5.41) is 16.7. The molecule has 0 saturated heterocycles. The normalized spacial score (nSPS) is 11.0. The van der Waals surface area contributed by atoms with Crippen molar-refractivity contribution in [3.05, 3.63) is 76.9 Å². The predicted octanol–water partition coefficient (Wildman–Crippen LogP) is 4.54. The molecule has 0 atom stereocenters. The van der Waals surface area contributed by atoms with Crippen molar-refractivity contribution < 1.29 is 9.53 Å². The maximum absolute atomic E-state index is 12.7. The lowest BCUT2D eigenvalue weighted by atomic mass is 10.1. The van der Waals surface area contributed by atoms with Gasteiger partial charge in [-0.15, -0.1) is 10.2 Å². The van der Waals surface area contributed by atoms with Crippen LogP contribution in [0, 0.1) is 27.7 Å². The minimum Gasteiger partial charge on any atom is -0.485 e. The molecule has 2 heterocycles. The molecule has 1 amide bonds. The summed E-state index contributed by atoms with van der Waals surface area (Å²) in [5.74, 6) is 1.58. The van der Waals surface area contributed by atoms with E-state index in [0.717, 1.165) is 39.6 Å². The highest BCUT2D eigenvalue weighted by molar-refractivity contribution is 7.99. The zero-order chi connectivity index (χ0) is 24.2. The first-order valence-corrected chi connectivity index (χ1v) is 11.9. The highest BCUT2D eigenvalue weighted by atomic mass is 32.2. The Kier molecular flexibility index (Phi) is 7.02. The Labute approximate surface area is 203 Å². The maximum Gasteiger partial charge on any atom is 0.234 e. The molecule has 4 rings (SSSR count). The number of rotatable bonds is 8. The molecule has 8 nitrogen and oxygen atoms in total. The predicted molar refractivity (Wildman–Crippen MR) is 134 cm³/mol. The molecule has 9 heteroatoms. The highest BCUT2D eigenvalue weighted by Gasteiger charge is 2.18. The third-order valence-corrected chi connectivity index (χ3v) is 6.50. The molecule has 4 aromatic rings. The second-order valence-corrected chi connectivity index (χ2v) is 9.03. The van der Waals surface area contributed by atoms with Gasteiger partial charge in [-0.3, -0.25) is 14.0 Å². The minimum absolute atomic E-state index is 0.125. The van der Waals surface area contributed by atoms with Crippen LogP contribution >= 0.6 is 11.8 Å². The van der Waals surface area contributed by atoms with E-state index in [4.69, 9.17) is 4.74 Å². The number of ether oxygens (including phenoxy) is 1.